The van der Waals surface area contributed by atoms with Crippen LogP contribution in [-0.4, -0.2) is 12.6 Å². The van der Waals surface area contributed by atoms with Crippen LogP contribution in [0.4, 0.5) is 0 Å². The molecule has 0 spiro atoms. The number of nitrogens with one attached hydrogen (secondary N) is 1. The summed E-state index contributed by atoms with van der Waals surface area (Å²) < 4.78 is 0. The number of hydrogen-bond donors (Lipinski definition) is 1. The van der Waals surface area contributed by atoms with Crippen LogP contribution in [0.5, 0.6) is 0 Å². The molecule has 2 aliphatic rings. The minimum absolute atomic E-state index is 0.583. The second-order valence-electron chi connectivity index (χ2n) is 7.22. The maximum atomic E-state index is 6.43. The highest BCUT2D eigenvalue weighted by molar-refractivity contribution is 6.31. The smallest absolute Gasteiger partial charge is 0.0441 e. The van der Waals surface area contributed by atoms with E-state index in [9.17, 15) is 0 Å². The highest BCUT2D eigenvalue weighted by Crippen LogP contribution is 2.50. The molecular weight excluding hydrogens is 278 g/mol. The highest BCUT2D eigenvalue weighted by Gasteiger charge is 2.39. The Hall–Kier alpha value is -0.530. The lowest BCUT2D eigenvalue weighted by Crippen LogP contribution is -2.34. The van der Waals surface area contributed by atoms with Gasteiger partial charge in [0.2, 0.25) is 0 Å². The molecule has 116 valence electrons. The largest absolute Gasteiger partial charge is 0.314 e. The maximum Gasteiger partial charge on any atom is 0.0441 e. The molecule has 1 nitrogen and oxygen atoms in total. The molecule has 2 heteroatoms. The van der Waals surface area contributed by atoms with Crippen molar-refractivity contribution in [1.29, 1.82) is 0 Å². The van der Waals surface area contributed by atoms with E-state index in [4.69, 9.17) is 11.6 Å². The van der Waals surface area contributed by atoms with E-state index in [0.717, 1.165) is 35.7 Å². The fourth-order valence-corrected chi connectivity index (χ4v) is 4.95. The van der Waals surface area contributed by atoms with Gasteiger partial charge in [-0.2, -0.15) is 0 Å². The molecular formula is C19H28ClN. The van der Waals surface area contributed by atoms with E-state index in [1.54, 1.807) is 0 Å². The van der Waals surface area contributed by atoms with Crippen molar-refractivity contribution in [2.75, 3.05) is 6.54 Å². The van der Waals surface area contributed by atoms with Crippen LogP contribution in [0.25, 0.3) is 0 Å². The molecule has 0 radical (unpaired) electrons. The van der Waals surface area contributed by atoms with Crippen molar-refractivity contribution in [2.24, 2.45) is 17.8 Å². The Labute approximate surface area is 134 Å². The number of fused-ring (bicyclic) bond motifs is 2. The SMILES string of the molecule is CCNC(Cc1ccc(C)cc1Cl)CC1CC2CCC1C2. The minimum Gasteiger partial charge on any atom is -0.314 e. The first kappa shape index (κ1) is 15.4. The van der Waals surface area contributed by atoms with Gasteiger partial charge < -0.3 is 5.32 Å². The van der Waals surface area contributed by atoms with Crippen molar-refractivity contribution in [2.45, 2.75) is 58.4 Å². The van der Waals surface area contributed by atoms with Crippen LogP contribution >= 0.6 is 11.6 Å². The summed E-state index contributed by atoms with van der Waals surface area (Å²) in [6, 6.07) is 7.07. The first-order valence-corrected chi connectivity index (χ1v) is 9.02. The lowest BCUT2D eigenvalue weighted by molar-refractivity contribution is 0.278. The molecule has 3 rings (SSSR count). The molecule has 2 saturated carbocycles. The average molecular weight is 306 g/mol. The summed E-state index contributed by atoms with van der Waals surface area (Å²) in [5.41, 5.74) is 2.55. The first-order valence-electron chi connectivity index (χ1n) is 8.64. The molecule has 0 heterocycles. The molecule has 0 amide bonds. The average Bonchev–Trinajstić information content (AvgIpc) is 3.04. The van der Waals surface area contributed by atoms with E-state index in [-0.39, 0.29) is 0 Å². The zero-order valence-electron chi connectivity index (χ0n) is 13.4. The lowest BCUT2D eigenvalue weighted by atomic mass is 9.83. The summed E-state index contributed by atoms with van der Waals surface area (Å²) in [7, 11) is 0. The van der Waals surface area contributed by atoms with Crippen molar-refractivity contribution in [3.8, 4) is 0 Å². The van der Waals surface area contributed by atoms with Gasteiger partial charge >= 0.3 is 0 Å². The summed E-state index contributed by atoms with van der Waals surface area (Å²) in [5.74, 6) is 3.02. The number of benzene rings is 1. The van der Waals surface area contributed by atoms with Gasteiger partial charge in [0.25, 0.3) is 0 Å². The molecule has 2 aliphatic carbocycles. The molecule has 4 atom stereocenters. The molecule has 0 saturated heterocycles. The lowest BCUT2D eigenvalue weighted by Gasteiger charge is -2.27. The number of hydrogen-bond acceptors (Lipinski definition) is 1. The molecule has 4 unspecified atom stereocenters. The third-order valence-corrected chi connectivity index (χ3v) is 5.99. The van der Waals surface area contributed by atoms with Crippen molar-refractivity contribution in [1.82, 2.24) is 5.32 Å². The number of likely N-dealkylation sites (N-methyl/N-ethyl adjacent to an activating group) is 1. The van der Waals surface area contributed by atoms with E-state index in [0.29, 0.717) is 6.04 Å². The Bertz CT molecular complexity index is 484. The third-order valence-electron chi connectivity index (χ3n) is 5.64. The Morgan fingerprint density at radius 3 is 2.76 bits per heavy atom. The number of aryl methyl sites for hydroxylation is 1. The van der Waals surface area contributed by atoms with Gasteiger partial charge in [-0.3, -0.25) is 0 Å². The van der Waals surface area contributed by atoms with E-state index in [1.165, 1.54) is 43.2 Å². The molecule has 1 aromatic rings. The van der Waals surface area contributed by atoms with Crippen LogP contribution in [0, 0.1) is 24.7 Å². The molecule has 21 heavy (non-hydrogen) atoms. The summed E-state index contributed by atoms with van der Waals surface area (Å²) in [6.07, 6.45) is 8.37. The van der Waals surface area contributed by atoms with E-state index < -0.39 is 0 Å². The fraction of sp³-hybridized carbons (Fsp3) is 0.684. The zero-order chi connectivity index (χ0) is 14.8. The van der Waals surface area contributed by atoms with Crippen LogP contribution in [0.2, 0.25) is 5.02 Å². The van der Waals surface area contributed by atoms with E-state index in [2.05, 4.69) is 37.4 Å². The third kappa shape index (κ3) is 3.63. The van der Waals surface area contributed by atoms with Crippen LogP contribution in [-0.2, 0) is 6.42 Å². The van der Waals surface area contributed by atoms with Crippen LogP contribution in [0.3, 0.4) is 0 Å². The summed E-state index contributed by atoms with van der Waals surface area (Å²) >= 11 is 6.43. The Morgan fingerprint density at radius 2 is 2.14 bits per heavy atom. The van der Waals surface area contributed by atoms with Gasteiger partial charge in [0.05, 0.1) is 0 Å². The standard InChI is InChI=1S/C19H28ClN/c1-3-21-18(11-16-6-4-13(2)8-19(16)20)12-17-10-14-5-7-15(17)9-14/h4,6,8,14-15,17-18,21H,3,5,7,9-12H2,1-2H3. The van der Waals surface area contributed by atoms with Crippen molar-refractivity contribution >= 4 is 11.6 Å². The Balaban J connectivity index is 1.64. The predicted molar refractivity (Wildman–Crippen MR) is 90.9 cm³/mol. The van der Waals surface area contributed by atoms with Crippen LogP contribution < -0.4 is 5.32 Å². The van der Waals surface area contributed by atoms with Gasteiger partial charge in [0.15, 0.2) is 0 Å². The topological polar surface area (TPSA) is 12.0 Å². The normalized spacial score (nSPS) is 29.0. The quantitative estimate of drug-likeness (QED) is 0.780. The minimum atomic E-state index is 0.583. The Morgan fingerprint density at radius 1 is 1.29 bits per heavy atom. The van der Waals surface area contributed by atoms with Crippen molar-refractivity contribution < 1.29 is 0 Å². The predicted octanol–water partition coefficient (Wildman–Crippen LogP) is 5.00. The fourth-order valence-electron chi connectivity index (χ4n) is 4.64. The summed E-state index contributed by atoms with van der Waals surface area (Å²) in [6.45, 7) is 5.37. The van der Waals surface area contributed by atoms with Gasteiger partial charge in [0.1, 0.15) is 0 Å². The molecule has 1 N–H and O–H groups in total. The van der Waals surface area contributed by atoms with Crippen LogP contribution in [0.15, 0.2) is 18.2 Å². The van der Waals surface area contributed by atoms with Crippen molar-refractivity contribution in [3.63, 3.8) is 0 Å². The summed E-state index contributed by atoms with van der Waals surface area (Å²) in [5, 5.41) is 4.64. The second-order valence-corrected chi connectivity index (χ2v) is 7.63. The van der Waals surface area contributed by atoms with Crippen LogP contribution in [0.1, 0.15) is 50.2 Å². The first-order chi connectivity index (χ1) is 10.2. The van der Waals surface area contributed by atoms with Gasteiger partial charge in [-0.15, -0.1) is 0 Å². The monoisotopic (exact) mass is 305 g/mol. The van der Waals surface area contributed by atoms with Gasteiger partial charge in [-0.25, -0.2) is 0 Å². The maximum absolute atomic E-state index is 6.43. The van der Waals surface area contributed by atoms with Gasteiger partial charge in [0, 0.05) is 11.1 Å². The Kier molecular flexibility index (Phi) is 4.91. The molecule has 2 bridgehead atoms. The second kappa shape index (κ2) is 6.71. The van der Waals surface area contributed by atoms with E-state index in [1.807, 2.05) is 0 Å². The molecule has 1 aromatic carbocycles. The zero-order valence-corrected chi connectivity index (χ0v) is 14.1. The summed E-state index contributed by atoms with van der Waals surface area (Å²) in [4.78, 5) is 0. The number of halogens is 1. The molecule has 0 aromatic heterocycles. The van der Waals surface area contributed by atoms with Gasteiger partial charge in [-0.05, 0) is 80.5 Å². The van der Waals surface area contributed by atoms with Gasteiger partial charge in [-0.1, -0.05) is 37.1 Å². The number of rotatable bonds is 6. The van der Waals surface area contributed by atoms with Crippen molar-refractivity contribution in [3.05, 3.63) is 34.3 Å². The molecule has 2 fully saturated rings. The highest BCUT2D eigenvalue weighted by atomic mass is 35.5. The molecule has 0 aliphatic heterocycles. The van der Waals surface area contributed by atoms with E-state index >= 15 is 0 Å².